The number of amides is 1. The fourth-order valence-electron chi connectivity index (χ4n) is 2.81. The van der Waals surface area contributed by atoms with Crippen LogP contribution < -0.4 is 4.90 Å². The summed E-state index contributed by atoms with van der Waals surface area (Å²) in [5, 5.41) is 0. The average Bonchev–Trinajstić information content (AvgIpc) is 2.63. The highest BCUT2D eigenvalue weighted by atomic mass is 79.9. The number of para-hydroxylation sites is 1. The number of anilines is 1. The number of nitrogens with zero attached hydrogens (tertiary/aromatic N) is 1. The maximum atomic E-state index is 12.7. The molecular formula is C16H14BrNO. The molecule has 0 saturated carbocycles. The fraction of sp³-hybridized carbons (Fsp3) is 0.188. The van der Waals surface area contributed by atoms with Crippen LogP contribution >= 0.6 is 15.9 Å². The minimum absolute atomic E-state index is 0.121. The number of benzene rings is 2. The van der Waals surface area contributed by atoms with Crippen molar-refractivity contribution in [2.24, 2.45) is 0 Å². The van der Waals surface area contributed by atoms with Crippen LogP contribution in [-0.4, -0.2) is 13.0 Å². The third-order valence-electron chi connectivity index (χ3n) is 3.96. The van der Waals surface area contributed by atoms with Crippen LogP contribution in [0.4, 0.5) is 5.69 Å². The first-order valence-corrected chi connectivity index (χ1v) is 6.98. The smallest absolute Gasteiger partial charge is 0.241 e. The normalized spacial score (nSPS) is 21.6. The molecule has 3 rings (SSSR count). The van der Waals surface area contributed by atoms with E-state index in [4.69, 9.17) is 0 Å². The Kier molecular flexibility index (Phi) is 2.75. The lowest BCUT2D eigenvalue weighted by Crippen LogP contribution is -2.36. The molecule has 1 heterocycles. The van der Waals surface area contributed by atoms with E-state index >= 15 is 0 Å². The van der Waals surface area contributed by atoms with Crippen molar-refractivity contribution in [3.63, 3.8) is 0 Å². The molecule has 1 atom stereocenters. The molecular weight excluding hydrogens is 302 g/mol. The van der Waals surface area contributed by atoms with Crippen molar-refractivity contribution in [2.75, 3.05) is 11.9 Å². The van der Waals surface area contributed by atoms with Gasteiger partial charge in [0, 0.05) is 17.2 Å². The Labute approximate surface area is 121 Å². The number of fused-ring (bicyclic) bond motifs is 1. The van der Waals surface area contributed by atoms with Gasteiger partial charge in [0.1, 0.15) is 0 Å². The van der Waals surface area contributed by atoms with Gasteiger partial charge in [-0.1, -0.05) is 46.3 Å². The summed E-state index contributed by atoms with van der Waals surface area (Å²) in [6.45, 7) is 2.00. The van der Waals surface area contributed by atoms with Crippen LogP contribution in [0.2, 0.25) is 0 Å². The van der Waals surface area contributed by atoms with E-state index in [1.807, 2.05) is 62.5 Å². The standard InChI is InChI=1S/C16H14BrNO/c1-16(11-7-9-12(17)10-8-11)13-5-3-4-6-14(13)18(2)15(16)19/h3-10H,1-2H3. The van der Waals surface area contributed by atoms with Gasteiger partial charge in [0.05, 0.1) is 5.41 Å². The Morgan fingerprint density at radius 2 is 1.68 bits per heavy atom. The Morgan fingerprint density at radius 1 is 1.05 bits per heavy atom. The van der Waals surface area contributed by atoms with Crippen LogP contribution in [0.3, 0.4) is 0 Å². The van der Waals surface area contributed by atoms with Crippen molar-refractivity contribution in [3.8, 4) is 0 Å². The Balaban J connectivity index is 2.24. The van der Waals surface area contributed by atoms with E-state index < -0.39 is 5.41 Å². The maximum absolute atomic E-state index is 12.7. The van der Waals surface area contributed by atoms with Crippen molar-refractivity contribution in [1.82, 2.24) is 0 Å². The van der Waals surface area contributed by atoms with Crippen LogP contribution in [0.25, 0.3) is 0 Å². The molecule has 0 saturated heterocycles. The molecule has 1 unspecified atom stereocenters. The zero-order valence-electron chi connectivity index (χ0n) is 10.9. The Morgan fingerprint density at radius 3 is 2.37 bits per heavy atom. The molecule has 0 fully saturated rings. The highest BCUT2D eigenvalue weighted by molar-refractivity contribution is 9.10. The van der Waals surface area contributed by atoms with Gasteiger partial charge in [0.25, 0.3) is 0 Å². The highest BCUT2D eigenvalue weighted by Crippen LogP contribution is 2.45. The molecule has 0 N–H and O–H groups in total. The van der Waals surface area contributed by atoms with Crippen molar-refractivity contribution in [2.45, 2.75) is 12.3 Å². The average molecular weight is 316 g/mol. The van der Waals surface area contributed by atoms with Gasteiger partial charge in [0.2, 0.25) is 5.91 Å². The minimum Gasteiger partial charge on any atom is -0.314 e. The summed E-state index contributed by atoms with van der Waals surface area (Å²) >= 11 is 3.44. The summed E-state index contributed by atoms with van der Waals surface area (Å²) in [7, 11) is 1.84. The van der Waals surface area contributed by atoms with Crippen molar-refractivity contribution < 1.29 is 4.79 Å². The molecule has 2 aromatic carbocycles. The summed E-state index contributed by atoms with van der Waals surface area (Å²) in [4.78, 5) is 14.4. The molecule has 1 aliphatic rings. The van der Waals surface area contributed by atoms with E-state index in [-0.39, 0.29) is 5.91 Å². The second kappa shape index (κ2) is 4.20. The van der Waals surface area contributed by atoms with Crippen LogP contribution in [-0.2, 0) is 10.2 Å². The molecule has 1 aliphatic heterocycles. The lowest BCUT2D eigenvalue weighted by Gasteiger charge is -2.24. The lowest BCUT2D eigenvalue weighted by atomic mass is 9.77. The second-order valence-corrected chi connectivity index (χ2v) is 5.93. The summed E-state index contributed by atoms with van der Waals surface area (Å²) < 4.78 is 1.02. The number of rotatable bonds is 1. The SMILES string of the molecule is CN1C(=O)C(C)(c2ccc(Br)cc2)c2ccccc21. The van der Waals surface area contributed by atoms with Gasteiger partial charge in [-0.15, -0.1) is 0 Å². The monoisotopic (exact) mass is 315 g/mol. The van der Waals surface area contributed by atoms with E-state index in [1.54, 1.807) is 4.90 Å². The topological polar surface area (TPSA) is 20.3 Å². The number of carbonyl (C=O) groups excluding carboxylic acids is 1. The molecule has 2 nitrogen and oxygen atoms in total. The second-order valence-electron chi connectivity index (χ2n) is 5.01. The first kappa shape index (κ1) is 12.4. The largest absolute Gasteiger partial charge is 0.314 e. The quantitative estimate of drug-likeness (QED) is 0.785. The lowest BCUT2D eigenvalue weighted by molar-refractivity contribution is -0.121. The van der Waals surface area contributed by atoms with E-state index in [1.165, 1.54) is 0 Å². The van der Waals surface area contributed by atoms with Gasteiger partial charge in [-0.3, -0.25) is 4.79 Å². The molecule has 3 heteroatoms. The van der Waals surface area contributed by atoms with Gasteiger partial charge in [0.15, 0.2) is 0 Å². The van der Waals surface area contributed by atoms with Crippen LogP contribution in [0.1, 0.15) is 18.1 Å². The van der Waals surface area contributed by atoms with Gasteiger partial charge < -0.3 is 4.90 Å². The van der Waals surface area contributed by atoms with Gasteiger partial charge >= 0.3 is 0 Å². The molecule has 0 aromatic heterocycles. The Hall–Kier alpha value is -1.61. The Bertz CT molecular complexity index is 650. The predicted molar refractivity (Wildman–Crippen MR) is 80.4 cm³/mol. The first-order chi connectivity index (χ1) is 9.05. The molecule has 0 bridgehead atoms. The number of hydrogen-bond donors (Lipinski definition) is 0. The highest BCUT2D eigenvalue weighted by Gasteiger charge is 2.46. The molecule has 2 aromatic rings. The van der Waals surface area contributed by atoms with E-state index in [2.05, 4.69) is 15.9 Å². The summed E-state index contributed by atoms with van der Waals surface area (Å²) in [5.41, 5.74) is 2.51. The number of carbonyl (C=O) groups is 1. The van der Waals surface area contributed by atoms with E-state index in [9.17, 15) is 4.79 Å². The van der Waals surface area contributed by atoms with Gasteiger partial charge in [-0.25, -0.2) is 0 Å². The predicted octanol–water partition coefficient (Wildman–Crippen LogP) is 3.73. The van der Waals surface area contributed by atoms with Crippen LogP contribution in [0.15, 0.2) is 53.0 Å². The van der Waals surface area contributed by atoms with Crippen molar-refractivity contribution >= 4 is 27.5 Å². The maximum Gasteiger partial charge on any atom is 0.241 e. The molecule has 1 amide bonds. The van der Waals surface area contributed by atoms with Crippen LogP contribution in [0.5, 0.6) is 0 Å². The third-order valence-corrected chi connectivity index (χ3v) is 4.49. The van der Waals surface area contributed by atoms with E-state index in [0.29, 0.717) is 0 Å². The van der Waals surface area contributed by atoms with E-state index in [0.717, 1.165) is 21.3 Å². The number of likely N-dealkylation sites (N-methyl/N-ethyl adjacent to an activating group) is 1. The molecule has 19 heavy (non-hydrogen) atoms. The summed E-state index contributed by atoms with van der Waals surface area (Å²) in [6.07, 6.45) is 0. The molecule has 0 aliphatic carbocycles. The zero-order valence-corrected chi connectivity index (χ0v) is 12.4. The van der Waals surface area contributed by atoms with Crippen molar-refractivity contribution in [3.05, 3.63) is 64.1 Å². The van der Waals surface area contributed by atoms with Gasteiger partial charge in [-0.05, 0) is 36.2 Å². The minimum atomic E-state index is -0.591. The zero-order chi connectivity index (χ0) is 13.6. The fourth-order valence-corrected chi connectivity index (χ4v) is 3.08. The molecule has 0 spiro atoms. The number of halogens is 1. The number of hydrogen-bond acceptors (Lipinski definition) is 1. The van der Waals surface area contributed by atoms with Crippen molar-refractivity contribution in [1.29, 1.82) is 0 Å². The molecule has 0 radical (unpaired) electrons. The molecule has 96 valence electrons. The van der Waals surface area contributed by atoms with Gasteiger partial charge in [-0.2, -0.15) is 0 Å². The first-order valence-electron chi connectivity index (χ1n) is 6.19. The van der Waals surface area contributed by atoms with Crippen LogP contribution in [0, 0.1) is 0 Å². The third kappa shape index (κ3) is 1.65. The summed E-state index contributed by atoms with van der Waals surface area (Å²) in [6, 6.07) is 16.0. The summed E-state index contributed by atoms with van der Waals surface area (Å²) in [5.74, 6) is 0.121.